The van der Waals surface area contributed by atoms with Crippen molar-refractivity contribution in [1.29, 1.82) is 0 Å². The number of hydrogen-bond acceptors (Lipinski definition) is 2. The second-order valence-corrected chi connectivity index (χ2v) is 7.60. The number of carboxylic acid groups (broad SMARTS) is 1. The van der Waals surface area contributed by atoms with Crippen LogP contribution in [0.1, 0.15) is 36.0 Å². The lowest BCUT2D eigenvalue weighted by Crippen LogP contribution is -2.15. The minimum atomic E-state index is -0.813. The Hall–Kier alpha value is -1.33. The first kappa shape index (κ1) is 17.5. The summed E-state index contributed by atoms with van der Waals surface area (Å²) < 4.78 is 7.72. The molecule has 5 heteroatoms. The van der Waals surface area contributed by atoms with Crippen molar-refractivity contribution < 1.29 is 14.6 Å². The maximum atomic E-state index is 11.8. The van der Waals surface area contributed by atoms with Crippen LogP contribution in [0.4, 0.5) is 0 Å². The molecule has 1 aliphatic heterocycles. The molecule has 2 unspecified atom stereocenters. The van der Waals surface area contributed by atoms with Crippen LogP contribution in [0.25, 0.3) is 0 Å². The van der Waals surface area contributed by atoms with E-state index in [-0.39, 0.29) is 6.10 Å². The van der Waals surface area contributed by atoms with Gasteiger partial charge in [0.1, 0.15) is 11.9 Å². The molecule has 2 atom stereocenters. The number of aliphatic carboxylic acids is 1. The second kappa shape index (κ2) is 7.28. The molecule has 0 saturated heterocycles. The van der Waals surface area contributed by atoms with E-state index < -0.39 is 11.9 Å². The van der Waals surface area contributed by atoms with Gasteiger partial charge in [-0.15, -0.1) is 0 Å². The molecule has 24 heavy (non-hydrogen) atoms. The summed E-state index contributed by atoms with van der Waals surface area (Å²) in [5.74, 6) is -0.506. The van der Waals surface area contributed by atoms with Crippen LogP contribution in [0.2, 0.25) is 0 Å². The zero-order valence-corrected chi connectivity index (χ0v) is 16.4. The SMILES string of the molecule is CCC1Cc2cc(CC(C(=O)O)c3ccccc3)c(Br)c(Br)c2O1. The topological polar surface area (TPSA) is 46.5 Å². The molecule has 2 aromatic carbocycles. The van der Waals surface area contributed by atoms with Gasteiger partial charge in [-0.1, -0.05) is 43.3 Å². The van der Waals surface area contributed by atoms with Gasteiger partial charge >= 0.3 is 5.97 Å². The number of hydrogen-bond donors (Lipinski definition) is 1. The third-order valence-electron chi connectivity index (χ3n) is 4.43. The first-order valence-electron chi connectivity index (χ1n) is 7.95. The van der Waals surface area contributed by atoms with Crippen LogP contribution in [-0.2, 0) is 17.6 Å². The molecule has 3 nitrogen and oxygen atoms in total. The van der Waals surface area contributed by atoms with Gasteiger partial charge in [0.15, 0.2) is 0 Å². The van der Waals surface area contributed by atoms with Crippen LogP contribution >= 0.6 is 31.9 Å². The number of carbonyl (C=O) groups is 1. The number of benzene rings is 2. The minimum absolute atomic E-state index is 0.197. The fourth-order valence-electron chi connectivity index (χ4n) is 3.08. The first-order valence-corrected chi connectivity index (χ1v) is 9.54. The Bertz CT molecular complexity index is 759. The number of ether oxygens (including phenoxy) is 1. The number of fused-ring (bicyclic) bond motifs is 1. The van der Waals surface area contributed by atoms with Gasteiger partial charge in [-0.2, -0.15) is 0 Å². The summed E-state index contributed by atoms with van der Waals surface area (Å²) in [6.07, 6.45) is 2.45. The zero-order valence-electron chi connectivity index (χ0n) is 13.3. The Labute approximate surface area is 158 Å². The van der Waals surface area contributed by atoms with E-state index in [0.29, 0.717) is 6.42 Å². The molecule has 126 valence electrons. The van der Waals surface area contributed by atoms with E-state index >= 15 is 0 Å². The average molecular weight is 454 g/mol. The van der Waals surface area contributed by atoms with Crippen molar-refractivity contribution in [2.75, 3.05) is 0 Å². The predicted octanol–water partition coefficient (Wildman–Crippen LogP) is 5.34. The molecule has 3 rings (SSSR count). The van der Waals surface area contributed by atoms with E-state index in [1.54, 1.807) is 0 Å². The van der Waals surface area contributed by atoms with Crippen LogP contribution in [0.3, 0.4) is 0 Å². The van der Waals surface area contributed by atoms with E-state index in [9.17, 15) is 9.90 Å². The van der Waals surface area contributed by atoms with Gasteiger partial charge in [0.2, 0.25) is 0 Å². The van der Waals surface area contributed by atoms with Crippen molar-refractivity contribution in [3.05, 3.63) is 62.0 Å². The lowest BCUT2D eigenvalue weighted by molar-refractivity contribution is -0.138. The van der Waals surface area contributed by atoms with E-state index in [1.807, 2.05) is 30.3 Å². The number of carboxylic acids is 1. The molecule has 0 spiro atoms. The Morgan fingerprint density at radius 3 is 2.62 bits per heavy atom. The van der Waals surface area contributed by atoms with Crippen molar-refractivity contribution in [2.24, 2.45) is 0 Å². The van der Waals surface area contributed by atoms with Gasteiger partial charge < -0.3 is 9.84 Å². The first-order chi connectivity index (χ1) is 11.5. The molecule has 2 aromatic rings. The molecular weight excluding hydrogens is 436 g/mol. The summed E-state index contributed by atoms with van der Waals surface area (Å²) in [4.78, 5) is 11.8. The highest BCUT2D eigenvalue weighted by Crippen LogP contribution is 2.44. The van der Waals surface area contributed by atoms with Crippen LogP contribution in [0.5, 0.6) is 5.75 Å². The lowest BCUT2D eigenvalue weighted by Gasteiger charge is -2.16. The minimum Gasteiger partial charge on any atom is -0.489 e. The fraction of sp³-hybridized carbons (Fsp3) is 0.316. The van der Waals surface area contributed by atoms with Crippen molar-refractivity contribution in [3.8, 4) is 5.75 Å². The smallest absolute Gasteiger partial charge is 0.311 e. The highest BCUT2D eigenvalue weighted by molar-refractivity contribution is 9.13. The van der Waals surface area contributed by atoms with E-state index in [1.165, 1.54) is 0 Å². The van der Waals surface area contributed by atoms with Gasteiger partial charge in [0.25, 0.3) is 0 Å². The van der Waals surface area contributed by atoms with Crippen LogP contribution in [0.15, 0.2) is 45.3 Å². The van der Waals surface area contributed by atoms with Crippen LogP contribution in [-0.4, -0.2) is 17.2 Å². The normalized spacial score (nSPS) is 17.2. The summed E-state index contributed by atoms with van der Waals surface area (Å²) in [5.41, 5.74) is 2.94. The standard InChI is InChI=1S/C19H18Br2O3/c1-2-14-9-13-8-12(16(20)17(21)18(13)24-14)10-15(19(22)23)11-6-4-3-5-7-11/h3-8,14-15H,2,9-10H2,1H3,(H,22,23). The molecule has 1 aliphatic rings. The van der Waals surface area contributed by atoms with Gasteiger partial charge in [-0.3, -0.25) is 4.79 Å². The van der Waals surface area contributed by atoms with Crippen molar-refractivity contribution in [3.63, 3.8) is 0 Å². The Morgan fingerprint density at radius 1 is 1.29 bits per heavy atom. The summed E-state index contributed by atoms with van der Waals surface area (Å²) in [6.45, 7) is 2.11. The molecule has 1 heterocycles. The van der Waals surface area contributed by atoms with Gasteiger partial charge in [0.05, 0.1) is 10.4 Å². The third kappa shape index (κ3) is 3.38. The molecule has 0 bridgehead atoms. The quantitative estimate of drug-likeness (QED) is 0.664. The van der Waals surface area contributed by atoms with Crippen molar-refractivity contribution in [1.82, 2.24) is 0 Å². The van der Waals surface area contributed by atoms with Crippen LogP contribution in [0, 0.1) is 0 Å². The Balaban J connectivity index is 1.95. The third-order valence-corrected chi connectivity index (χ3v) is 6.62. The van der Waals surface area contributed by atoms with Gasteiger partial charge in [-0.05, 0) is 61.4 Å². The maximum absolute atomic E-state index is 11.8. The summed E-state index contributed by atoms with van der Waals surface area (Å²) in [5, 5.41) is 9.67. The van der Waals surface area contributed by atoms with E-state index in [4.69, 9.17) is 4.74 Å². The largest absolute Gasteiger partial charge is 0.489 e. The van der Waals surface area contributed by atoms with Crippen molar-refractivity contribution >= 4 is 37.8 Å². The average Bonchev–Trinajstić information content (AvgIpc) is 3.00. The van der Waals surface area contributed by atoms with Crippen molar-refractivity contribution in [2.45, 2.75) is 38.2 Å². The molecule has 0 aliphatic carbocycles. The van der Waals surface area contributed by atoms with E-state index in [2.05, 4.69) is 44.8 Å². The van der Waals surface area contributed by atoms with Gasteiger partial charge in [0, 0.05) is 10.9 Å². The molecule has 1 N–H and O–H groups in total. The predicted molar refractivity (Wildman–Crippen MR) is 101 cm³/mol. The summed E-state index contributed by atoms with van der Waals surface area (Å²) in [7, 11) is 0. The summed E-state index contributed by atoms with van der Waals surface area (Å²) in [6, 6.07) is 11.5. The molecule has 0 saturated carbocycles. The van der Waals surface area contributed by atoms with E-state index in [0.717, 1.165) is 44.2 Å². The lowest BCUT2D eigenvalue weighted by atomic mass is 9.91. The fourth-order valence-corrected chi connectivity index (χ4v) is 4.14. The maximum Gasteiger partial charge on any atom is 0.311 e. The highest BCUT2D eigenvalue weighted by Gasteiger charge is 2.28. The zero-order chi connectivity index (χ0) is 17.3. The Morgan fingerprint density at radius 2 is 2.00 bits per heavy atom. The number of rotatable bonds is 5. The van der Waals surface area contributed by atoms with Crippen LogP contribution < -0.4 is 4.74 Å². The molecule has 0 radical (unpaired) electrons. The second-order valence-electron chi connectivity index (χ2n) is 6.01. The molecule has 0 fully saturated rings. The monoisotopic (exact) mass is 452 g/mol. The Kier molecular flexibility index (Phi) is 5.30. The van der Waals surface area contributed by atoms with Gasteiger partial charge in [-0.25, -0.2) is 0 Å². The molecular formula is C19H18Br2O3. The number of halogens is 2. The summed E-state index contributed by atoms with van der Waals surface area (Å²) >= 11 is 7.21. The molecule has 0 aromatic heterocycles. The highest BCUT2D eigenvalue weighted by atomic mass is 79.9. The molecule has 0 amide bonds.